The Kier molecular flexibility index (Phi) is 4.43. The number of carboxylic acids is 1. The molecule has 9 heteroatoms. The summed E-state index contributed by atoms with van der Waals surface area (Å²) in [6, 6.07) is 2.54. The van der Waals surface area contributed by atoms with Crippen molar-refractivity contribution in [2.45, 2.75) is 12.2 Å². The van der Waals surface area contributed by atoms with Crippen LogP contribution in [0.3, 0.4) is 0 Å². The Hall–Kier alpha value is -2.16. The first-order chi connectivity index (χ1) is 8.79. The number of nitrogens with one attached hydrogen (secondary N) is 1. The second kappa shape index (κ2) is 5.65. The Labute approximate surface area is 109 Å². The second-order valence-corrected chi connectivity index (χ2v) is 5.52. The summed E-state index contributed by atoms with van der Waals surface area (Å²) in [6.45, 7) is 1.12. The van der Waals surface area contributed by atoms with Crippen molar-refractivity contribution < 1.29 is 27.9 Å². The van der Waals surface area contributed by atoms with Crippen LogP contribution in [0.15, 0.2) is 18.3 Å². The van der Waals surface area contributed by atoms with Crippen LogP contribution >= 0.6 is 0 Å². The molecule has 1 rings (SSSR count). The van der Waals surface area contributed by atoms with Crippen molar-refractivity contribution in [3.8, 4) is 0 Å². The maximum Gasteiger partial charge on any atom is 0.339 e. The Morgan fingerprint density at radius 1 is 1.47 bits per heavy atom. The van der Waals surface area contributed by atoms with Gasteiger partial charge in [-0.25, -0.2) is 18.2 Å². The molecule has 0 spiro atoms. The molecule has 0 radical (unpaired) electrons. The number of hydrogen-bond donors (Lipinski definition) is 2. The molecule has 1 aromatic heterocycles. The largest absolute Gasteiger partial charge is 0.478 e. The van der Waals surface area contributed by atoms with Crippen LogP contribution in [0.25, 0.3) is 0 Å². The van der Waals surface area contributed by atoms with E-state index in [0.29, 0.717) is 0 Å². The van der Waals surface area contributed by atoms with Gasteiger partial charge >= 0.3 is 11.9 Å². The summed E-state index contributed by atoms with van der Waals surface area (Å²) in [6.07, 6.45) is 1.23. The zero-order valence-corrected chi connectivity index (χ0v) is 11.0. The number of anilines is 1. The van der Waals surface area contributed by atoms with E-state index < -0.39 is 27.2 Å². The smallest absolute Gasteiger partial charge is 0.339 e. The molecule has 19 heavy (non-hydrogen) atoms. The minimum Gasteiger partial charge on any atom is -0.478 e. The Bertz CT molecular complexity index is 598. The molecular weight excluding hydrogens is 276 g/mol. The van der Waals surface area contributed by atoms with Gasteiger partial charge in [0.25, 0.3) is 0 Å². The number of ether oxygens (including phenoxy) is 1. The number of aromatic carboxylic acids is 1. The Morgan fingerprint density at radius 2 is 2.11 bits per heavy atom. The molecule has 1 atom stereocenters. The fourth-order valence-corrected chi connectivity index (χ4v) is 2.13. The molecule has 0 aliphatic rings. The van der Waals surface area contributed by atoms with Crippen molar-refractivity contribution in [1.29, 1.82) is 0 Å². The van der Waals surface area contributed by atoms with Gasteiger partial charge in [0.2, 0.25) is 10.0 Å². The number of carbonyl (C=O) groups is 2. The van der Waals surface area contributed by atoms with E-state index in [2.05, 4.69) is 9.72 Å². The summed E-state index contributed by atoms with van der Waals surface area (Å²) < 4.78 is 29.9. The number of aromatic nitrogens is 1. The van der Waals surface area contributed by atoms with Gasteiger partial charge in [0.1, 0.15) is 5.56 Å². The first-order valence-corrected chi connectivity index (χ1v) is 6.62. The van der Waals surface area contributed by atoms with Gasteiger partial charge in [-0.2, -0.15) is 0 Å². The number of methoxy groups -OCH3 is 1. The van der Waals surface area contributed by atoms with E-state index in [-0.39, 0.29) is 11.4 Å². The number of pyridine rings is 1. The number of rotatable bonds is 5. The first-order valence-electron chi connectivity index (χ1n) is 5.07. The molecule has 0 saturated carbocycles. The molecule has 8 nitrogen and oxygen atoms in total. The predicted octanol–water partition coefficient (Wildman–Crippen LogP) is 0.0830. The highest BCUT2D eigenvalue weighted by molar-refractivity contribution is 7.94. The lowest BCUT2D eigenvalue weighted by molar-refractivity contribution is -0.139. The quantitative estimate of drug-likeness (QED) is 0.735. The van der Waals surface area contributed by atoms with Gasteiger partial charge in [-0.15, -0.1) is 0 Å². The second-order valence-electron chi connectivity index (χ2n) is 3.52. The molecule has 0 bridgehead atoms. The van der Waals surface area contributed by atoms with Gasteiger partial charge < -0.3 is 9.84 Å². The van der Waals surface area contributed by atoms with Crippen LogP contribution in [0.4, 0.5) is 5.82 Å². The molecule has 1 unspecified atom stereocenters. The lowest BCUT2D eigenvalue weighted by atomic mass is 10.3. The molecule has 1 aromatic rings. The van der Waals surface area contributed by atoms with E-state index in [9.17, 15) is 18.0 Å². The standard InChI is InChI=1S/C10H12N2O6S/c1-6(10(15)18-2)19(16,17)12-8-7(9(13)14)4-3-5-11-8/h3-6H,1-2H3,(H,11,12)(H,13,14). The van der Waals surface area contributed by atoms with Gasteiger partial charge in [-0.1, -0.05) is 0 Å². The van der Waals surface area contributed by atoms with Gasteiger partial charge in [0, 0.05) is 6.20 Å². The Morgan fingerprint density at radius 3 is 2.63 bits per heavy atom. The highest BCUT2D eigenvalue weighted by Crippen LogP contribution is 2.15. The summed E-state index contributed by atoms with van der Waals surface area (Å²) in [7, 11) is -3.08. The number of carbonyl (C=O) groups excluding carboxylic acids is 1. The predicted molar refractivity (Wildman–Crippen MR) is 65.2 cm³/mol. The van der Waals surface area contributed by atoms with Crippen molar-refractivity contribution in [2.24, 2.45) is 0 Å². The van der Waals surface area contributed by atoms with Crippen LogP contribution in [0.1, 0.15) is 17.3 Å². The fourth-order valence-electron chi connectivity index (χ4n) is 1.17. The molecule has 0 saturated heterocycles. The summed E-state index contributed by atoms with van der Waals surface area (Å²) in [4.78, 5) is 25.7. The molecule has 0 amide bonds. The van der Waals surface area contributed by atoms with Crippen LogP contribution in [0.5, 0.6) is 0 Å². The molecular formula is C10H12N2O6S. The zero-order chi connectivity index (χ0) is 14.6. The van der Waals surface area contributed by atoms with E-state index in [1.165, 1.54) is 18.3 Å². The van der Waals surface area contributed by atoms with Crippen LogP contribution in [-0.2, 0) is 19.6 Å². The van der Waals surface area contributed by atoms with Crippen LogP contribution in [0.2, 0.25) is 0 Å². The maximum atomic E-state index is 11.8. The van der Waals surface area contributed by atoms with E-state index in [1.807, 2.05) is 4.72 Å². The lowest BCUT2D eigenvalue weighted by Gasteiger charge is -2.13. The van der Waals surface area contributed by atoms with Crippen molar-refractivity contribution in [3.63, 3.8) is 0 Å². The van der Waals surface area contributed by atoms with Crippen LogP contribution in [0, 0.1) is 0 Å². The average Bonchev–Trinajstić information content (AvgIpc) is 2.36. The van der Waals surface area contributed by atoms with Crippen molar-refractivity contribution >= 4 is 27.8 Å². The van der Waals surface area contributed by atoms with E-state index in [0.717, 1.165) is 14.0 Å². The highest BCUT2D eigenvalue weighted by atomic mass is 32.2. The van der Waals surface area contributed by atoms with Gasteiger partial charge in [-0.05, 0) is 19.1 Å². The lowest BCUT2D eigenvalue weighted by Crippen LogP contribution is -2.33. The third-order valence-corrected chi connectivity index (χ3v) is 3.88. The molecule has 0 aliphatic carbocycles. The maximum absolute atomic E-state index is 11.8. The zero-order valence-electron chi connectivity index (χ0n) is 10.2. The number of esters is 1. The molecule has 0 fully saturated rings. The SMILES string of the molecule is COC(=O)C(C)S(=O)(=O)Nc1ncccc1C(=O)O. The summed E-state index contributed by atoms with van der Waals surface area (Å²) in [5, 5.41) is 7.40. The van der Waals surface area contributed by atoms with Crippen molar-refractivity contribution in [2.75, 3.05) is 11.8 Å². The van der Waals surface area contributed by atoms with E-state index >= 15 is 0 Å². The molecule has 104 valence electrons. The van der Waals surface area contributed by atoms with Crippen LogP contribution < -0.4 is 4.72 Å². The minimum absolute atomic E-state index is 0.317. The van der Waals surface area contributed by atoms with Gasteiger partial charge in [0.05, 0.1) is 7.11 Å². The van der Waals surface area contributed by atoms with Gasteiger partial charge in [-0.3, -0.25) is 9.52 Å². The first kappa shape index (κ1) is 14.9. The topological polar surface area (TPSA) is 123 Å². The number of carboxylic acid groups (broad SMARTS) is 1. The van der Waals surface area contributed by atoms with Crippen LogP contribution in [-0.4, -0.2) is 42.8 Å². The van der Waals surface area contributed by atoms with E-state index in [4.69, 9.17) is 5.11 Å². The molecule has 2 N–H and O–H groups in total. The number of sulfonamides is 1. The summed E-state index contributed by atoms with van der Waals surface area (Å²) in [5.74, 6) is -2.65. The monoisotopic (exact) mass is 288 g/mol. The normalized spacial score (nSPS) is 12.5. The summed E-state index contributed by atoms with van der Waals surface area (Å²) in [5.41, 5.74) is -0.317. The molecule has 1 heterocycles. The third kappa shape index (κ3) is 3.41. The Balaban J connectivity index is 3.09. The van der Waals surface area contributed by atoms with Crippen molar-refractivity contribution in [3.05, 3.63) is 23.9 Å². The third-order valence-electron chi connectivity index (χ3n) is 2.28. The van der Waals surface area contributed by atoms with Crippen molar-refractivity contribution in [1.82, 2.24) is 4.98 Å². The number of nitrogens with zero attached hydrogens (tertiary/aromatic N) is 1. The molecule has 0 aromatic carbocycles. The molecule has 0 aliphatic heterocycles. The minimum atomic E-state index is -4.13. The average molecular weight is 288 g/mol. The summed E-state index contributed by atoms with van der Waals surface area (Å²) >= 11 is 0. The number of hydrogen-bond acceptors (Lipinski definition) is 6. The highest BCUT2D eigenvalue weighted by Gasteiger charge is 2.30. The fraction of sp³-hybridized carbons (Fsp3) is 0.300. The van der Waals surface area contributed by atoms with Gasteiger partial charge in [0.15, 0.2) is 11.1 Å². The van der Waals surface area contributed by atoms with E-state index in [1.54, 1.807) is 0 Å².